The molecule has 9 heteroatoms. The minimum Gasteiger partial charge on any atom is -0.490 e. The van der Waals surface area contributed by atoms with Gasteiger partial charge in [-0.25, -0.2) is 4.79 Å². The van der Waals surface area contributed by atoms with Gasteiger partial charge in [0.1, 0.15) is 17.7 Å². The largest absolute Gasteiger partial charge is 0.490 e. The molecule has 34 heavy (non-hydrogen) atoms. The zero-order valence-electron chi connectivity index (χ0n) is 18.9. The van der Waals surface area contributed by atoms with Crippen molar-refractivity contribution in [2.45, 2.75) is 26.1 Å². The van der Waals surface area contributed by atoms with Gasteiger partial charge < -0.3 is 25.0 Å². The summed E-state index contributed by atoms with van der Waals surface area (Å²) in [5.74, 6) is 0.257. The average molecular weight is 543 g/mol. The van der Waals surface area contributed by atoms with Gasteiger partial charge in [0, 0.05) is 10.9 Å². The molecule has 2 aliphatic heterocycles. The van der Waals surface area contributed by atoms with Crippen LogP contribution in [0.25, 0.3) is 0 Å². The van der Waals surface area contributed by atoms with E-state index in [2.05, 4.69) is 33.6 Å². The van der Waals surface area contributed by atoms with Gasteiger partial charge in [0.2, 0.25) is 0 Å². The number of fused-ring (bicyclic) bond motifs is 3. The zero-order valence-corrected chi connectivity index (χ0v) is 21.3. The molecule has 0 radical (unpaired) electrons. The van der Waals surface area contributed by atoms with E-state index in [0.717, 1.165) is 40.1 Å². The van der Waals surface area contributed by atoms with Gasteiger partial charge in [-0.2, -0.15) is 0 Å². The number of ether oxygens (including phenoxy) is 2. The Bertz CT molecular complexity index is 1260. The monoisotopic (exact) mass is 542 g/mol. The van der Waals surface area contributed by atoms with Crippen LogP contribution in [-0.4, -0.2) is 32.1 Å². The van der Waals surface area contributed by atoms with E-state index in [-0.39, 0.29) is 5.91 Å². The molecule has 2 aliphatic rings. The molecule has 0 saturated heterocycles. The van der Waals surface area contributed by atoms with Crippen molar-refractivity contribution in [3.05, 3.63) is 74.1 Å². The van der Waals surface area contributed by atoms with Gasteiger partial charge in [0.25, 0.3) is 5.91 Å². The second-order valence-electron chi connectivity index (χ2n) is 8.43. The molecule has 0 fully saturated rings. The predicted octanol–water partition coefficient (Wildman–Crippen LogP) is 3.55. The molecule has 7 nitrogen and oxygen atoms in total. The number of amides is 1. The number of hydrogen-bond acceptors (Lipinski definition) is 6. The summed E-state index contributed by atoms with van der Waals surface area (Å²) in [5, 5.41) is 7.48. The number of nitrogens with one attached hydrogen (secondary N) is 3. The van der Waals surface area contributed by atoms with Crippen LogP contribution in [-0.2, 0) is 13.0 Å². The minimum absolute atomic E-state index is 0.0560. The van der Waals surface area contributed by atoms with E-state index in [4.69, 9.17) is 9.47 Å². The number of esters is 1. The van der Waals surface area contributed by atoms with E-state index < -0.39 is 12.1 Å². The van der Waals surface area contributed by atoms with Crippen molar-refractivity contribution in [2.75, 3.05) is 25.5 Å². The zero-order chi connectivity index (χ0) is 23.8. The van der Waals surface area contributed by atoms with E-state index in [1.807, 2.05) is 19.1 Å². The lowest BCUT2D eigenvalue weighted by Gasteiger charge is -2.27. The molecule has 0 saturated carbocycles. The maximum Gasteiger partial charge on any atom is 0.343 e. The molecular weight excluding hydrogens is 518 g/mol. The third-order valence-electron chi connectivity index (χ3n) is 6.02. The lowest BCUT2D eigenvalue weighted by Crippen LogP contribution is -3.08. The Morgan fingerprint density at radius 3 is 2.74 bits per heavy atom. The van der Waals surface area contributed by atoms with E-state index in [9.17, 15) is 9.59 Å². The highest BCUT2D eigenvalue weighted by molar-refractivity contribution is 9.10. The number of thiophene rings is 1. The smallest absolute Gasteiger partial charge is 0.343 e. The third-order valence-corrected chi connectivity index (χ3v) is 7.71. The van der Waals surface area contributed by atoms with Crippen LogP contribution in [0.1, 0.15) is 49.8 Å². The molecule has 0 bridgehead atoms. The van der Waals surface area contributed by atoms with Crippen LogP contribution in [0.5, 0.6) is 11.5 Å². The van der Waals surface area contributed by atoms with Crippen molar-refractivity contribution < 1.29 is 24.0 Å². The minimum atomic E-state index is -0.466. The Kier molecular flexibility index (Phi) is 6.33. The van der Waals surface area contributed by atoms with Crippen molar-refractivity contribution in [1.82, 2.24) is 5.32 Å². The second kappa shape index (κ2) is 9.40. The Labute approximate surface area is 210 Å². The number of anilines is 1. The number of halogens is 1. The first kappa shape index (κ1) is 22.9. The summed E-state index contributed by atoms with van der Waals surface area (Å²) in [5.41, 5.74) is 3.23. The Hall–Kier alpha value is -2.88. The van der Waals surface area contributed by atoms with Crippen LogP contribution in [0.15, 0.2) is 46.9 Å². The van der Waals surface area contributed by atoms with E-state index in [0.29, 0.717) is 23.7 Å². The van der Waals surface area contributed by atoms with Crippen molar-refractivity contribution in [3.63, 3.8) is 0 Å². The number of hydrogen-bond donors (Lipinski definition) is 3. The first-order valence-corrected chi connectivity index (χ1v) is 12.8. The second-order valence-corrected chi connectivity index (χ2v) is 10.4. The quantitative estimate of drug-likeness (QED) is 0.339. The van der Waals surface area contributed by atoms with Crippen LogP contribution < -0.4 is 25.0 Å². The van der Waals surface area contributed by atoms with Gasteiger partial charge in [-0.3, -0.25) is 4.79 Å². The SMILES string of the molecule is CCOc1cc([C@H]2NC(=O)c3c(sc4c3CC[NH+](C)C4)N2)ccc1OC(=O)c1ccc(Br)cc1. The number of carbonyl (C=O) groups is 2. The van der Waals surface area contributed by atoms with Gasteiger partial charge in [-0.15, -0.1) is 11.3 Å². The molecule has 1 unspecified atom stereocenters. The third kappa shape index (κ3) is 4.43. The fourth-order valence-electron chi connectivity index (χ4n) is 4.30. The number of rotatable bonds is 5. The first-order valence-electron chi connectivity index (χ1n) is 11.2. The van der Waals surface area contributed by atoms with Crippen molar-refractivity contribution >= 4 is 44.1 Å². The number of carbonyl (C=O) groups excluding carboxylic acids is 2. The highest BCUT2D eigenvalue weighted by atomic mass is 79.9. The Morgan fingerprint density at radius 1 is 1.18 bits per heavy atom. The molecule has 1 amide bonds. The van der Waals surface area contributed by atoms with Crippen molar-refractivity contribution in [1.29, 1.82) is 0 Å². The van der Waals surface area contributed by atoms with E-state index in [1.165, 1.54) is 15.3 Å². The van der Waals surface area contributed by atoms with Crippen LogP contribution in [0, 0.1) is 0 Å². The molecule has 3 N–H and O–H groups in total. The van der Waals surface area contributed by atoms with Gasteiger partial charge >= 0.3 is 5.97 Å². The topological polar surface area (TPSA) is 81.1 Å². The molecule has 0 aliphatic carbocycles. The highest BCUT2D eigenvalue weighted by Crippen LogP contribution is 2.40. The molecule has 2 aromatic carbocycles. The summed E-state index contributed by atoms with van der Waals surface area (Å²) < 4.78 is 12.3. The summed E-state index contributed by atoms with van der Waals surface area (Å²) >= 11 is 5.04. The molecule has 176 valence electrons. The molecule has 1 aromatic heterocycles. The van der Waals surface area contributed by atoms with Gasteiger partial charge in [0.05, 0.1) is 36.2 Å². The summed E-state index contributed by atoms with van der Waals surface area (Å²) in [4.78, 5) is 28.4. The van der Waals surface area contributed by atoms with Crippen LogP contribution >= 0.6 is 27.3 Å². The number of likely N-dealkylation sites (N-methyl/N-ethyl adjacent to an activating group) is 1. The lowest BCUT2D eigenvalue weighted by molar-refractivity contribution is -0.895. The van der Waals surface area contributed by atoms with Crippen LogP contribution in [0.4, 0.5) is 5.00 Å². The maximum atomic E-state index is 13.0. The molecule has 5 rings (SSSR count). The fraction of sp³-hybridized carbons (Fsp3) is 0.280. The Balaban J connectivity index is 1.39. The summed E-state index contributed by atoms with van der Waals surface area (Å²) in [6.45, 7) is 4.26. The van der Waals surface area contributed by atoms with Crippen LogP contribution in [0.3, 0.4) is 0 Å². The lowest BCUT2D eigenvalue weighted by atomic mass is 10.0. The van der Waals surface area contributed by atoms with Crippen LogP contribution in [0.2, 0.25) is 0 Å². The highest BCUT2D eigenvalue weighted by Gasteiger charge is 2.34. The first-order chi connectivity index (χ1) is 16.4. The summed E-state index contributed by atoms with van der Waals surface area (Å²) in [6.07, 6.45) is 0.514. The Morgan fingerprint density at radius 2 is 1.97 bits per heavy atom. The number of quaternary nitrogens is 1. The predicted molar refractivity (Wildman–Crippen MR) is 134 cm³/mol. The normalized spacial score (nSPS) is 18.9. The molecule has 0 spiro atoms. The molecular formula is C25H25BrN3O4S+. The standard InChI is InChI=1S/C25H24BrN3O4S/c1-3-32-19-12-15(6-9-18(19)33-25(31)14-4-7-16(26)8-5-14)22-27-23(30)21-17-10-11-29(2)13-20(17)34-24(21)28-22/h4-9,12,22,28H,3,10-11,13H2,1-2H3,(H,27,30)/p+1/t22-/m0/s1. The summed E-state index contributed by atoms with van der Waals surface area (Å²) in [6, 6.07) is 12.3. The fourth-order valence-corrected chi connectivity index (χ4v) is 5.95. The van der Waals surface area contributed by atoms with Gasteiger partial charge in [-0.1, -0.05) is 22.0 Å². The van der Waals surface area contributed by atoms with E-state index in [1.54, 1.807) is 41.7 Å². The summed E-state index contributed by atoms with van der Waals surface area (Å²) in [7, 11) is 2.18. The molecule has 3 aromatic rings. The maximum absolute atomic E-state index is 13.0. The van der Waals surface area contributed by atoms with Gasteiger partial charge in [0.15, 0.2) is 11.5 Å². The average Bonchev–Trinajstić information content (AvgIpc) is 3.18. The molecule has 3 heterocycles. The van der Waals surface area contributed by atoms with Crippen molar-refractivity contribution in [3.8, 4) is 11.5 Å². The van der Waals surface area contributed by atoms with E-state index >= 15 is 0 Å². The van der Waals surface area contributed by atoms with Gasteiger partial charge in [-0.05, 0) is 54.4 Å². The molecule has 2 atom stereocenters. The van der Waals surface area contributed by atoms with Crippen molar-refractivity contribution in [2.24, 2.45) is 0 Å². The number of benzene rings is 2.